The Bertz CT molecular complexity index is 1260. The van der Waals surface area contributed by atoms with Crippen molar-refractivity contribution in [1.82, 2.24) is 5.16 Å². The van der Waals surface area contributed by atoms with Gasteiger partial charge < -0.3 is 19.9 Å². The second-order valence-electron chi connectivity index (χ2n) is 6.66. The third kappa shape index (κ3) is 3.29. The lowest BCUT2D eigenvalue weighted by atomic mass is 10.1. The molecule has 4 aromatic rings. The lowest BCUT2D eigenvalue weighted by Crippen LogP contribution is -2.14. The molecule has 0 aliphatic carbocycles. The van der Waals surface area contributed by atoms with Gasteiger partial charge in [0.25, 0.3) is 11.8 Å². The highest BCUT2D eigenvalue weighted by molar-refractivity contribution is 6.09. The summed E-state index contributed by atoms with van der Waals surface area (Å²) >= 11 is 0. The van der Waals surface area contributed by atoms with Crippen molar-refractivity contribution in [2.45, 2.75) is 0 Å². The minimum Gasteiger partial charge on any atom is -0.454 e. The van der Waals surface area contributed by atoms with Gasteiger partial charge in [0.1, 0.15) is 5.75 Å². The van der Waals surface area contributed by atoms with Crippen LogP contribution in [0.2, 0.25) is 0 Å². The van der Waals surface area contributed by atoms with Gasteiger partial charge in [0.2, 0.25) is 0 Å². The first-order chi connectivity index (χ1) is 14.7. The molecular formula is C23H15N3O4. The Hall–Kier alpha value is -4.39. The van der Waals surface area contributed by atoms with Crippen LogP contribution in [0.15, 0.2) is 83.4 Å². The molecule has 1 aliphatic rings. The molecule has 0 atom stereocenters. The molecule has 3 aromatic carbocycles. The number of fused-ring (bicyclic) bond motifs is 2. The predicted molar refractivity (Wildman–Crippen MR) is 111 cm³/mol. The van der Waals surface area contributed by atoms with Crippen LogP contribution in [0.1, 0.15) is 20.8 Å². The van der Waals surface area contributed by atoms with E-state index in [1.807, 2.05) is 42.5 Å². The van der Waals surface area contributed by atoms with E-state index < -0.39 is 5.91 Å². The molecule has 7 heteroatoms. The van der Waals surface area contributed by atoms with E-state index in [4.69, 9.17) is 9.26 Å². The summed E-state index contributed by atoms with van der Waals surface area (Å²) in [5.41, 5.74) is 2.29. The van der Waals surface area contributed by atoms with Crippen LogP contribution in [-0.4, -0.2) is 17.0 Å². The topological polar surface area (TPSA) is 93.5 Å². The molecule has 2 amide bonds. The van der Waals surface area contributed by atoms with Crippen molar-refractivity contribution in [3.63, 3.8) is 0 Å². The van der Waals surface area contributed by atoms with E-state index in [1.165, 1.54) is 0 Å². The third-order valence-electron chi connectivity index (χ3n) is 4.64. The van der Waals surface area contributed by atoms with Crippen molar-refractivity contribution in [3.8, 4) is 22.8 Å². The van der Waals surface area contributed by atoms with Gasteiger partial charge in [0.05, 0.1) is 11.3 Å². The molecular weight excluding hydrogens is 382 g/mol. The number of amides is 2. The largest absolute Gasteiger partial charge is 0.454 e. The number of benzene rings is 3. The van der Waals surface area contributed by atoms with Crippen LogP contribution in [0.3, 0.4) is 0 Å². The van der Waals surface area contributed by atoms with E-state index in [9.17, 15) is 9.59 Å². The van der Waals surface area contributed by atoms with Crippen LogP contribution < -0.4 is 15.4 Å². The molecule has 7 nitrogen and oxygen atoms in total. The summed E-state index contributed by atoms with van der Waals surface area (Å²) in [6.45, 7) is 0. The van der Waals surface area contributed by atoms with Crippen LogP contribution in [0.4, 0.5) is 11.4 Å². The van der Waals surface area contributed by atoms with Gasteiger partial charge >= 0.3 is 0 Å². The fraction of sp³-hybridized carbons (Fsp3) is 0. The number of ether oxygens (including phenoxy) is 1. The molecule has 30 heavy (non-hydrogen) atoms. The average Bonchev–Trinajstić information content (AvgIpc) is 3.22. The normalized spacial score (nSPS) is 12.1. The zero-order chi connectivity index (χ0) is 20.5. The van der Waals surface area contributed by atoms with Gasteiger partial charge in [0, 0.05) is 17.3 Å². The van der Waals surface area contributed by atoms with Gasteiger partial charge in [-0.15, -0.1) is 0 Å². The van der Waals surface area contributed by atoms with Gasteiger partial charge in [-0.1, -0.05) is 47.6 Å². The molecule has 0 saturated carbocycles. The Labute approximate surface area is 171 Å². The monoisotopic (exact) mass is 397 g/mol. The van der Waals surface area contributed by atoms with Crippen LogP contribution in [0.5, 0.6) is 11.5 Å². The Morgan fingerprint density at radius 3 is 2.57 bits per heavy atom. The number of anilines is 2. The quantitative estimate of drug-likeness (QED) is 0.510. The summed E-state index contributed by atoms with van der Waals surface area (Å²) in [6, 6.07) is 23.0. The van der Waals surface area contributed by atoms with E-state index in [-0.39, 0.29) is 11.6 Å². The molecule has 0 radical (unpaired) electrons. The first-order valence-electron chi connectivity index (χ1n) is 9.23. The zero-order valence-electron chi connectivity index (χ0n) is 15.6. The van der Waals surface area contributed by atoms with Gasteiger partial charge in [-0.3, -0.25) is 9.59 Å². The highest BCUT2D eigenvalue weighted by Crippen LogP contribution is 2.36. The Kier molecular flexibility index (Phi) is 4.25. The number of para-hydroxylation sites is 2. The van der Waals surface area contributed by atoms with Crippen molar-refractivity contribution in [2.75, 3.05) is 10.6 Å². The molecule has 5 rings (SSSR count). The van der Waals surface area contributed by atoms with Gasteiger partial charge in [0.15, 0.2) is 17.2 Å². The molecule has 2 heterocycles. The molecule has 0 fully saturated rings. The molecule has 146 valence electrons. The van der Waals surface area contributed by atoms with Gasteiger partial charge in [-0.25, -0.2) is 0 Å². The summed E-state index contributed by atoms with van der Waals surface area (Å²) in [6.07, 6.45) is 0. The summed E-state index contributed by atoms with van der Waals surface area (Å²) in [4.78, 5) is 25.2. The standard InChI is InChI=1S/C23H15N3O4/c27-22-16-12-15(10-11-19(16)29-20-9-5-4-8-17(20)25-22)24-23(28)18-13-21(30-26-18)14-6-2-1-3-7-14/h1-13H,(H,24,28)(H,25,27). The third-order valence-corrected chi connectivity index (χ3v) is 4.64. The summed E-state index contributed by atoms with van der Waals surface area (Å²) < 4.78 is 11.1. The van der Waals surface area contributed by atoms with E-state index in [0.717, 1.165) is 5.56 Å². The highest BCUT2D eigenvalue weighted by Gasteiger charge is 2.22. The number of nitrogens with one attached hydrogen (secondary N) is 2. The van der Waals surface area contributed by atoms with Crippen LogP contribution in [-0.2, 0) is 0 Å². The van der Waals surface area contributed by atoms with E-state index >= 15 is 0 Å². The number of nitrogens with zero attached hydrogens (tertiary/aromatic N) is 1. The SMILES string of the molecule is O=C(Nc1ccc2c(c1)C(=O)Nc1ccccc1O2)c1cc(-c2ccccc2)on1. The molecule has 0 spiro atoms. The Morgan fingerprint density at radius 2 is 1.70 bits per heavy atom. The average molecular weight is 397 g/mol. The van der Waals surface area contributed by atoms with Crippen molar-refractivity contribution in [1.29, 1.82) is 0 Å². The summed E-state index contributed by atoms with van der Waals surface area (Å²) in [5, 5.41) is 9.39. The fourth-order valence-electron chi connectivity index (χ4n) is 3.16. The number of rotatable bonds is 3. The van der Waals surface area contributed by atoms with Crippen LogP contribution in [0.25, 0.3) is 11.3 Å². The van der Waals surface area contributed by atoms with E-state index in [1.54, 1.807) is 36.4 Å². The van der Waals surface area contributed by atoms with Crippen molar-refractivity contribution >= 4 is 23.2 Å². The Morgan fingerprint density at radius 1 is 0.900 bits per heavy atom. The maximum atomic E-state index is 12.6. The summed E-state index contributed by atoms with van der Waals surface area (Å²) in [7, 11) is 0. The second kappa shape index (κ2) is 7.21. The van der Waals surface area contributed by atoms with E-state index in [2.05, 4.69) is 15.8 Å². The molecule has 0 unspecified atom stereocenters. The zero-order valence-corrected chi connectivity index (χ0v) is 15.6. The van der Waals surface area contributed by atoms with E-state index in [0.29, 0.717) is 34.2 Å². The predicted octanol–water partition coefficient (Wildman–Crippen LogP) is 4.95. The minimum absolute atomic E-state index is 0.136. The highest BCUT2D eigenvalue weighted by atomic mass is 16.5. The number of hydrogen-bond donors (Lipinski definition) is 2. The molecule has 0 saturated heterocycles. The number of carbonyl (C=O) groups excluding carboxylic acids is 2. The number of aromatic nitrogens is 1. The lowest BCUT2D eigenvalue weighted by Gasteiger charge is -2.09. The smallest absolute Gasteiger partial charge is 0.277 e. The van der Waals surface area contributed by atoms with Gasteiger partial charge in [-0.05, 0) is 30.3 Å². The first-order valence-corrected chi connectivity index (χ1v) is 9.23. The van der Waals surface area contributed by atoms with Crippen LogP contribution >= 0.6 is 0 Å². The molecule has 2 N–H and O–H groups in total. The van der Waals surface area contributed by atoms with Crippen molar-refractivity contribution in [3.05, 3.63) is 90.1 Å². The van der Waals surface area contributed by atoms with Crippen LogP contribution in [0, 0.1) is 0 Å². The number of carbonyl (C=O) groups is 2. The van der Waals surface area contributed by atoms with Gasteiger partial charge in [-0.2, -0.15) is 0 Å². The maximum Gasteiger partial charge on any atom is 0.277 e. The fourth-order valence-corrected chi connectivity index (χ4v) is 3.16. The molecule has 1 aromatic heterocycles. The molecule has 1 aliphatic heterocycles. The van der Waals surface area contributed by atoms with Crippen molar-refractivity contribution in [2.24, 2.45) is 0 Å². The van der Waals surface area contributed by atoms with Crippen molar-refractivity contribution < 1.29 is 18.8 Å². The lowest BCUT2D eigenvalue weighted by molar-refractivity contribution is 0.101. The minimum atomic E-state index is -0.445. The first kappa shape index (κ1) is 17.7. The molecule has 0 bridgehead atoms. The summed E-state index contributed by atoms with van der Waals surface area (Å²) in [5.74, 6) is 0.687. The number of hydrogen-bond acceptors (Lipinski definition) is 5. The maximum absolute atomic E-state index is 12.6. The second-order valence-corrected chi connectivity index (χ2v) is 6.66. The Balaban J connectivity index is 1.38.